The van der Waals surface area contributed by atoms with E-state index in [9.17, 15) is 0 Å². The zero-order chi connectivity index (χ0) is 13.3. The van der Waals surface area contributed by atoms with Gasteiger partial charge in [0.2, 0.25) is 0 Å². The highest BCUT2D eigenvalue weighted by Crippen LogP contribution is 2.36. The summed E-state index contributed by atoms with van der Waals surface area (Å²) in [4.78, 5) is 0. The zero-order valence-electron chi connectivity index (χ0n) is 12.1. The van der Waals surface area contributed by atoms with Crippen LogP contribution < -0.4 is 4.74 Å². The Kier molecular flexibility index (Phi) is 3.96. The van der Waals surface area contributed by atoms with Crippen molar-refractivity contribution >= 4 is 0 Å². The first-order chi connectivity index (χ1) is 8.52. The molecule has 2 rings (SSSR count). The highest BCUT2D eigenvalue weighted by Gasteiger charge is 2.35. The molecule has 0 saturated carbocycles. The number of hydrogen-bond donors (Lipinski definition) is 0. The van der Waals surface area contributed by atoms with Gasteiger partial charge in [-0.2, -0.15) is 0 Å². The average Bonchev–Trinajstić information content (AvgIpc) is 2.93. The third-order valence-electron chi connectivity index (χ3n) is 3.79. The number of rotatable bonds is 5. The fourth-order valence-corrected chi connectivity index (χ4v) is 2.91. The van der Waals surface area contributed by atoms with E-state index in [1.54, 1.807) is 0 Å². The minimum absolute atomic E-state index is 0.454. The molecule has 100 valence electrons. The molecule has 0 spiro atoms. The van der Waals surface area contributed by atoms with E-state index in [2.05, 4.69) is 39.8 Å². The van der Waals surface area contributed by atoms with Crippen LogP contribution in [0, 0.1) is 13.8 Å². The lowest BCUT2D eigenvalue weighted by Crippen LogP contribution is -2.05. The maximum Gasteiger partial charge on any atom is 0.119 e. The van der Waals surface area contributed by atoms with Crippen LogP contribution in [0.1, 0.15) is 49.8 Å². The van der Waals surface area contributed by atoms with Gasteiger partial charge >= 0.3 is 0 Å². The van der Waals surface area contributed by atoms with Crippen molar-refractivity contribution in [2.75, 3.05) is 6.61 Å². The lowest BCUT2D eigenvalue weighted by molar-refractivity contribution is 0.339. The summed E-state index contributed by atoms with van der Waals surface area (Å²) in [6, 6.07) is 4.30. The van der Waals surface area contributed by atoms with Crippen LogP contribution >= 0.6 is 0 Å². The number of aryl methyl sites for hydroxylation is 2. The molecule has 3 unspecified atom stereocenters. The van der Waals surface area contributed by atoms with Crippen molar-refractivity contribution in [2.24, 2.45) is 0 Å². The molecule has 1 aliphatic rings. The van der Waals surface area contributed by atoms with Crippen molar-refractivity contribution in [2.45, 2.75) is 59.2 Å². The van der Waals surface area contributed by atoms with E-state index in [4.69, 9.17) is 9.47 Å². The van der Waals surface area contributed by atoms with Crippen molar-refractivity contribution in [1.82, 2.24) is 0 Å². The van der Waals surface area contributed by atoms with Crippen LogP contribution in [0.25, 0.3) is 0 Å². The number of epoxide rings is 1. The molecule has 1 saturated heterocycles. The second-order valence-corrected chi connectivity index (χ2v) is 5.42. The summed E-state index contributed by atoms with van der Waals surface area (Å²) < 4.78 is 11.1. The minimum atomic E-state index is 0.454. The summed E-state index contributed by atoms with van der Waals surface area (Å²) in [5.41, 5.74) is 4.12. The van der Waals surface area contributed by atoms with Crippen molar-refractivity contribution < 1.29 is 9.47 Å². The lowest BCUT2D eigenvalue weighted by atomic mass is 9.88. The molecule has 2 nitrogen and oxygen atoms in total. The van der Waals surface area contributed by atoms with Gasteiger partial charge in [0.05, 0.1) is 18.8 Å². The molecule has 1 aromatic carbocycles. The topological polar surface area (TPSA) is 21.8 Å². The van der Waals surface area contributed by atoms with Crippen LogP contribution in [0.2, 0.25) is 0 Å². The van der Waals surface area contributed by atoms with Crippen LogP contribution in [0.5, 0.6) is 5.75 Å². The number of ether oxygens (including phenoxy) is 2. The van der Waals surface area contributed by atoms with E-state index in [0.29, 0.717) is 18.1 Å². The predicted molar refractivity (Wildman–Crippen MR) is 74.5 cm³/mol. The first-order valence-corrected chi connectivity index (χ1v) is 6.92. The molecule has 18 heavy (non-hydrogen) atoms. The first-order valence-electron chi connectivity index (χ1n) is 6.92. The fourth-order valence-electron chi connectivity index (χ4n) is 2.91. The molecule has 1 aromatic rings. The van der Waals surface area contributed by atoms with Gasteiger partial charge in [0, 0.05) is 0 Å². The molecule has 2 heteroatoms. The summed E-state index contributed by atoms with van der Waals surface area (Å²) in [5, 5.41) is 0. The Balaban J connectivity index is 2.16. The molecule has 1 fully saturated rings. The summed E-state index contributed by atoms with van der Waals surface area (Å²) in [6.45, 7) is 11.5. The van der Waals surface area contributed by atoms with Gasteiger partial charge in [-0.25, -0.2) is 0 Å². The molecule has 1 heterocycles. The Labute approximate surface area is 110 Å². The molecule has 0 radical (unpaired) electrons. The first kappa shape index (κ1) is 13.4. The summed E-state index contributed by atoms with van der Waals surface area (Å²) >= 11 is 0. The number of benzene rings is 1. The zero-order valence-corrected chi connectivity index (χ0v) is 12.1. The van der Waals surface area contributed by atoms with Crippen molar-refractivity contribution in [3.05, 3.63) is 28.8 Å². The second-order valence-electron chi connectivity index (χ2n) is 5.42. The van der Waals surface area contributed by atoms with Crippen LogP contribution in [0.3, 0.4) is 0 Å². The van der Waals surface area contributed by atoms with E-state index >= 15 is 0 Å². The molecule has 3 atom stereocenters. The van der Waals surface area contributed by atoms with Crippen LogP contribution in [-0.2, 0) is 4.74 Å². The van der Waals surface area contributed by atoms with Gasteiger partial charge in [0.15, 0.2) is 0 Å². The molecule has 1 aliphatic heterocycles. The third-order valence-corrected chi connectivity index (χ3v) is 3.79. The maximum atomic E-state index is 5.59. The maximum absolute atomic E-state index is 5.59. The summed E-state index contributed by atoms with van der Waals surface area (Å²) in [5.74, 6) is 1.54. The van der Waals surface area contributed by atoms with Gasteiger partial charge in [0.1, 0.15) is 5.75 Å². The van der Waals surface area contributed by atoms with Gasteiger partial charge in [0.25, 0.3) is 0 Å². The van der Waals surface area contributed by atoms with E-state index in [1.807, 2.05) is 6.92 Å². The second kappa shape index (κ2) is 5.31. The van der Waals surface area contributed by atoms with E-state index < -0.39 is 0 Å². The van der Waals surface area contributed by atoms with Gasteiger partial charge < -0.3 is 9.47 Å². The van der Waals surface area contributed by atoms with Crippen molar-refractivity contribution in [3.8, 4) is 5.75 Å². The van der Waals surface area contributed by atoms with Crippen LogP contribution in [-0.4, -0.2) is 18.8 Å². The standard InChI is InChI=1S/C16H24O2/c1-6-17-14-7-10(2)16(11(3)8-14)12(4)9-15-13(5)18-15/h7-8,12-13,15H,6,9H2,1-5H3. The van der Waals surface area contributed by atoms with Gasteiger partial charge in [-0.15, -0.1) is 0 Å². The van der Waals surface area contributed by atoms with Crippen molar-refractivity contribution in [3.63, 3.8) is 0 Å². The molecule has 0 aliphatic carbocycles. The lowest BCUT2D eigenvalue weighted by Gasteiger charge is -2.18. The summed E-state index contributed by atoms with van der Waals surface area (Å²) in [7, 11) is 0. The molecular formula is C16H24O2. The highest BCUT2D eigenvalue weighted by molar-refractivity contribution is 5.43. The van der Waals surface area contributed by atoms with E-state index in [1.165, 1.54) is 16.7 Å². The van der Waals surface area contributed by atoms with Gasteiger partial charge in [-0.3, -0.25) is 0 Å². The largest absolute Gasteiger partial charge is 0.494 e. The monoisotopic (exact) mass is 248 g/mol. The Hall–Kier alpha value is -1.02. The fraction of sp³-hybridized carbons (Fsp3) is 0.625. The van der Waals surface area contributed by atoms with Crippen LogP contribution in [0.15, 0.2) is 12.1 Å². The normalized spacial score (nSPS) is 23.8. The summed E-state index contributed by atoms with van der Waals surface area (Å²) in [6.07, 6.45) is 2.04. The Morgan fingerprint density at radius 3 is 2.28 bits per heavy atom. The smallest absolute Gasteiger partial charge is 0.119 e. The van der Waals surface area contributed by atoms with Crippen LogP contribution in [0.4, 0.5) is 0 Å². The molecule has 0 aromatic heterocycles. The van der Waals surface area contributed by atoms with E-state index in [0.717, 1.165) is 18.8 Å². The quantitative estimate of drug-likeness (QED) is 0.735. The SMILES string of the molecule is CCOc1cc(C)c(C(C)CC2OC2C)c(C)c1. The predicted octanol–water partition coefficient (Wildman–Crippen LogP) is 3.98. The van der Waals surface area contributed by atoms with Crippen molar-refractivity contribution in [1.29, 1.82) is 0 Å². The molecule has 0 amide bonds. The average molecular weight is 248 g/mol. The van der Waals surface area contributed by atoms with Gasteiger partial charge in [-0.05, 0) is 68.9 Å². The molecular weight excluding hydrogens is 224 g/mol. The molecule has 0 N–H and O–H groups in total. The number of hydrogen-bond acceptors (Lipinski definition) is 2. The Morgan fingerprint density at radius 1 is 1.28 bits per heavy atom. The Morgan fingerprint density at radius 2 is 1.83 bits per heavy atom. The third kappa shape index (κ3) is 2.86. The van der Waals surface area contributed by atoms with E-state index in [-0.39, 0.29) is 0 Å². The van der Waals surface area contributed by atoms with Gasteiger partial charge in [-0.1, -0.05) is 6.92 Å². The Bertz CT molecular complexity index is 402. The molecule has 0 bridgehead atoms. The minimum Gasteiger partial charge on any atom is -0.494 e. The highest BCUT2D eigenvalue weighted by atomic mass is 16.6.